The van der Waals surface area contributed by atoms with Crippen LogP contribution in [-0.2, 0) is 47.6 Å². The number of rotatable bonds is 9. The third kappa shape index (κ3) is 6.27. The summed E-state index contributed by atoms with van der Waals surface area (Å²) in [5, 5.41) is 25.4. The molecule has 2 bridgehead atoms. The molecule has 0 aromatic heterocycles. The zero-order valence-corrected chi connectivity index (χ0v) is 31.6. The predicted octanol–water partition coefficient (Wildman–Crippen LogP) is 3.65. The summed E-state index contributed by atoms with van der Waals surface area (Å²) in [5.74, 6) is -5.64. The number of carbonyl (C=O) groups is 5. The Hall–Kier alpha value is -3.65. The molecule has 286 valence electrons. The molecule has 3 fully saturated rings. The van der Waals surface area contributed by atoms with Gasteiger partial charge in [0.25, 0.3) is 0 Å². The van der Waals surface area contributed by atoms with E-state index in [9.17, 15) is 29.4 Å². The Morgan fingerprint density at radius 1 is 0.942 bits per heavy atom. The van der Waals surface area contributed by atoms with Gasteiger partial charge in [0.05, 0.1) is 35.7 Å². The van der Waals surface area contributed by atoms with Crippen LogP contribution in [0.2, 0.25) is 0 Å². The van der Waals surface area contributed by atoms with Gasteiger partial charge in [-0.2, -0.15) is 0 Å². The summed E-state index contributed by atoms with van der Waals surface area (Å²) in [4.78, 5) is 68.9. The Morgan fingerprint density at radius 3 is 2.10 bits per heavy atom. The second-order valence-electron chi connectivity index (χ2n) is 16.0. The number of fused-ring (bicyclic) bond motifs is 5. The number of ether oxygens (including phenoxy) is 6. The molecular weight excluding hydrogens is 676 g/mol. The molecule has 1 heterocycles. The van der Waals surface area contributed by atoms with Crippen LogP contribution >= 0.6 is 0 Å². The van der Waals surface area contributed by atoms with Gasteiger partial charge in [0, 0.05) is 32.1 Å². The van der Waals surface area contributed by atoms with Crippen LogP contribution < -0.4 is 0 Å². The van der Waals surface area contributed by atoms with E-state index in [1.54, 1.807) is 66.7 Å². The number of benzene rings is 1. The smallest absolute Gasteiger partial charge is 0.338 e. The van der Waals surface area contributed by atoms with Gasteiger partial charge in [-0.1, -0.05) is 45.9 Å². The molecule has 0 amide bonds. The molecule has 1 aromatic carbocycles. The van der Waals surface area contributed by atoms with Gasteiger partial charge in [-0.25, -0.2) is 9.59 Å². The fourth-order valence-corrected chi connectivity index (χ4v) is 9.00. The average molecular weight is 729 g/mol. The van der Waals surface area contributed by atoms with Crippen LogP contribution in [0.15, 0.2) is 41.5 Å². The van der Waals surface area contributed by atoms with E-state index in [4.69, 9.17) is 28.4 Å². The molecule has 3 aliphatic carbocycles. The lowest BCUT2D eigenvalue weighted by atomic mass is 9.44. The predicted molar refractivity (Wildman–Crippen MR) is 183 cm³/mol. The van der Waals surface area contributed by atoms with E-state index in [0.29, 0.717) is 5.57 Å². The third-order valence-corrected chi connectivity index (χ3v) is 11.7. The fourth-order valence-electron chi connectivity index (χ4n) is 9.00. The van der Waals surface area contributed by atoms with Crippen molar-refractivity contribution < 1.29 is 62.6 Å². The number of esters is 4. The molecule has 13 heteroatoms. The minimum atomic E-state index is -2.22. The Kier molecular flexibility index (Phi) is 10.6. The molecule has 10 atom stereocenters. The van der Waals surface area contributed by atoms with Crippen molar-refractivity contribution in [2.24, 2.45) is 22.7 Å². The first-order valence-corrected chi connectivity index (χ1v) is 17.9. The van der Waals surface area contributed by atoms with Gasteiger partial charge in [-0.3, -0.25) is 14.4 Å². The fraction of sp³-hybridized carbons (Fsp3) is 0.667. The van der Waals surface area contributed by atoms with Gasteiger partial charge in [0.15, 0.2) is 23.6 Å². The van der Waals surface area contributed by atoms with Crippen LogP contribution in [0.25, 0.3) is 0 Å². The summed E-state index contributed by atoms with van der Waals surface area (Å²) < 4.78 is 36.2. The monoisotopic (exact) mass is 728 g/mol. The maximum absolute atomic E-state index is 15.3. The largest absolute Gasteiger partial charge is 0.456 e. The highest BCUT2D eigenvalue weighted by atomic mass is 16.6. The van der Waals surface area contributed by atoms with Gasteiger partial charge in [-0.15, -0.1) is 0 Å². The Bertz CT molecular complexity index is 1630. The first kappa shape index (κ1) is 39.6. The van der Waals surface area contributed by atoms with Gasteiger partial charge < -0.3 is 38.6 Å². The van der Waals surface area contributed by atoms with E-state index in [1.807, 2.05) is 0 Å². The Balaban J connectivity index is 1.81. The summed E-state index contributed by atoms with van der Waals surface area (Å²) in [5.41, 5.74) is -6.78. The Labute approximate surface area is 304 Å². The van der Waals surface area contributed by atoms with E-state index in [0.717, 1.165) is 6.92 Å². The summed E-state index contributed by atoms with van der Waals surface area (Å²) in [7, 11) is 0. The Morgan fingerprint density at radius 2 is 1.58 bits per heavy atom. The quantitative estimate of drug-likeness (QED) is 0.214. The van der Waals surface area contributed by atoms with Gasteiger partial charge in [0.1, 0.15) is 23.9 Å². The number of aliphatic hydroxyl groups is 2. The van der Waals surface area contributed by atoms with Crippen molar-refractivity contribution in [3.63, 3.8) is 0 Å². The molecule has 1 saturated heterocycles. The standard InChI is InChI=1S/C39H52O13/c1-19(2)29(48-20(3)4)35(45)50-25-17-39(46)33(51-34(44)24-14-12-11-13-15-24)31-37(10,26(42)16-27-38(31,18-47-27)52-23(7)41)32(43)30(49-22(6)40)28(21(25)5)36(39,8)9/h11-15,19-20,25-27,29-31,33,42,46H,16-18H2,1-10H3/t25-,26-,27+,29+,30+,31-,33-,37+,38-,39+/m1/s1. The summed E-state index contributed by atoms with van der Waals surface area (Å²) in [6, 6.07) is 8.03. The van der Waals surface area contributed by atoms with E-state index < -0.39 is 94.2 Å². The number of aliphatic hydroxyl groups excluding tert-OH is 1. The third-order valence-electron chi connectivity index (χ3n) is 11.7. The van der Waals surface area contributed by atoms with Crippen LogP contribution in [0.4, 0.5) is 0 Å². The molecule has 0 radical (unpaired) electrons. The summed E-state index contributed by atoms with van der Waals surface area (Å²) >= 11 is 0. The SMILES string of the molecule is CC(=O)O[C@@H]1C(=O)[C@@]2(C)[C@H](O)C[C@@H]3OC[C@]3(OC(C)=O)[C@@H]2[C@@H](OC(=O)c2ccccc2)[C@@]2(O)C[C@@H](OC(=O)[C@@H](OC(C)C)C(C)C)C(C)=C1C2(C)C. The molecular formula is C39H52O13. The minimum absolute atomic E-state index is 0.131. The summed E-state index contributed by atoms with van der Waals surface area (Å²) in [6.45, 7) is 15.6. The molecule has 13 nitrogen and oxygen atoms in total. The number of hydrogen-bond donors (Lipinski definition) is 2. The van der Waals surface area contributed by atoms with Crippen molar-refractivity contribution in [3.8, 4) is 0 Å². The van der Waals surface area contributed by atoms with Crippen molar-refractivity contribution >= 4 is 29.7 Å². The maximum Gasteiger partial charge on any atom is 0.338 e. The van der Waals surface area contributed by atoms with E-state index in [1.165, 1.54) is 26.0 Å². The lowest BCUT2D eigenvalue weighted by molar-refractivity contribution is -0.346. The lowest BCUT2D eigenvalue weighted by Crippen LogP contribution is -2.82. The van der Waals surface area contributed by atoms with Crippen LogP contribution in [0.1, 0.15) is 92.4 Å². The normalized spacial score (nSPS) is 35.6. The van der Waals surface area contributed by atoms with Crippen molar-refractivity contribution in [1.82, 2.24) is 0 Å². The van der Waals surface area contributed by atoms with E-state index in [2.05, 4.69) is 0 Å². The molecule has 2 N–H and O–H groups in total. The summed E-state index contributed by atoms with van der Waals surface area (Å²) in [6.07, 6.45) is -8.85. The molecule has 0 unspecified atom stereocenters. The van der Waals surface area contributed by atoms with Gasteiger partial charge in [0.2, 0.25) is 0 Å². The number of carbonyl (C=O) groups excluding carboxylic acids is 5. The highest BCUT2D eigenvalue weighted by Gasteiger charge is 2.78. The van der Waals surface area contributed by atoms with Crippen molar-refractivity contribution in [3.05, 3.63) is 47.0 Å². The van der Waals surface area contributed by atoms with Crippen LogP contribution in [-0.4, -0.2) is 100 Å². The average Bonchev–Trinajstić information content (AvgIpc) is 3.04. The highest BCUT2D eigenvalue weighted by molar-refractivity contribution is 5.95. The van der Waals surface area contributed by atoms with Crippen LogP contribution in [0.3, 0.4) is 0 Å². The first-order chi connectivity index (χ1) is 24.1. The van der Waals surface area contributed by atoms with E-state index in [-0.39, 0.29) is 42.6 Å². The molecule has 1 aliphatic heterocycles. The number of Topliss-reactive ketones (excluding diaryl/α,β-unsaturated/α-hetero) is 1. The zero-order chi connectivity index (χ0) is 38.7. The molecule has 52 heavy (non-hydrogen) atoms. The number of hydrogen-bond acceptors (Lipinski definition) is 13. The lowest BCUT2D eigenvalue weighted by Gasteiger charge is -2.67. The molecule has 4 aliphatic rings. The van der Waals surface area contributed by atoms with Crippen molar-refractivity contribution in [1.29, 1.82) is 0 Å². The van der Waals surface area contributed by atoms with Crippen LogP contribution in [0, 0.1) is 22.7 Å². The second-order valence-corrected chi connectivity index (χ2v) is 16.0. The van der Waals surface area contributed by atoms with Gasteiger partial charge in [-0.05, 0) is 56.9 Å². The second kappa shape index (κ2) is 14.0. The molecule has 0 spiro atoms. The topological polar surface area (TPSA) is 181 Å². The van der Waals surface area contributed by atoms with Crippen molar-refractivity contribution in [2.75, 3.05) is 6.61 Å². The molecule has 1 aromatic rings. The molecule has 2 saturated carbocycles. The maximum atomic E-state index is 15.3. The zero-order valence-electron chi connectivity index (χ0n) is 31.6. The van der Waals surface area contributed by atoms with Crippen molar-refractivity contribution in [2.45, 2.75) is 136 Å². The minimum Gasteiger partial charge on any atom is -0.456 e. The first-order valence-electron chi connectivity index (χ1n) is 17.9. The van der Waals surface area contributed by atoms with E-state index >= 15 is 4.79 Å². The van der Waals surface area contributed by atoms with Crippen LogP contribution in [0.5, 0.6) is 0 Å². The highest BCUT2D eigenvalue weighted by Crippen LogP contribution is 2.64. The van der Waals surface area contributed by atoms with Gasteiger partial charge >= 0.3 is 23.9 Å². The number of ketones is 1. The molecule has 5 rings (SSSR count).